The first-order valence-corrected chi connectivity index (χ1v) is 7.27. The number of amides is 1. The Balaban J connectivity index is 1.95. The maximum absolute atomic E-state index is 11.8. The Morgan fingerprint density at radius 3 is 2.45 bits per heavy atom. The van der Waals surface area contributed by atoms with Gasteiger partial charge in [0, 0.05) is 12.6 Å². The van der Waals surface area contributed by atoms with Gasteiger partial charge in [0.15, 0.2) is 5.69 Å². The van der Waals surface area contributed by atoms with Crippen LogP contribution in [0.3, 0.4) is 0 Å². The van der Waals surface area contributed by atoms with E-state index >= 15 is 0 Å². The van der Waals surface area contributed by atoms with Crippen LogP contribution in [0.2, 0.25) is 0 Å². The molecule has 1 heterocycles. The molecule has 0 aliphatic rings. The van der Waals surface area contributed by atoms with Crippen molar-refractivity contribution >= 4 is 5.91 Å². The highest BCUT2D eigenvalue weighted by Crippen LogP contribution is 2.23. The van der Waals surface area contributed by atoms with Crippen molar-refractivity contribution in [2.75, 3.05) is 6.54 Å². The summed E-state index contributed by atoms with van der Waals surface area (Å²) in [6, 6.07) is 9.33. The highest BCUT2D eigenvalue weighted by atomic mass is 16.5. The van der Waals surface area contributed by atoms with Crippen LogP contribution in [0.5, 0.6) is 0 Å². The molecule has 1 aromatic heterocycles. The minimum Gasteiger partial charge on any atom is -0.387 e. The van der Waals surface area contributed by atoms with Gasteiger partial charge in [0.05, 0.1) is 6.10 Å². The fourth-order valence-corrected chi connectivity index (χ4v) is 2.08. The summed E-state index contributed by atoms with van der Waals surface area (Å²) in [5.74, 6) is 0.214. The van der Waals surface area contributed by atoms with Crippen LogP contribution in [0.25, 0.3) is 0 Å². The fourth-order valence-electron chi connectivity index (χ4n) is 2.08. The van der Waals surface area contributed by atoms with Gasteiger partial charge in [-0.05, 0) is 23.5 Å². The van der Waals surface area contributed by atoms with E-state index in [1.54, 1.807) is 13.0 Å². The van der Waals surface area contributed by atoms with E-state index in [0.717, 1.165) is 5.56 Å². The molecule has 1 amide bonds. The standard InChI is InChI=1S/C17H22N2O3/c1-11-9-14(19-22-11)16(21)18-10-15(20)12-5-7-13(8-6-12)17(2,3)4/h5-9,15,20H,10H2,1-4H3,(H,18,21). The average Bonchev–Trinajstić information content (AvgIpc) is 2.90. The number of rotatable bonds is 4. The molecule has 2 N–H and O–H groups in total. The number of hydrogen-bond acceptors (Lipinski definition) is 4. The summed E-state index contributed by atoms with van der Waals surface area (Å²) in [7, 11) is 0. The van der Waals surface area contributed by atoms with Crippen molar-refractivity contribution in [3.8, 4) is 0 Å². The first-order valence-electron chi connectivity index (χ1n) is 7.27. The molecule has 0 radical (unpaired) electrons. The highest BCUT2D eigenvalue weighted by molar-refractivity contribution is 5.92. The van der Waals surface area contributed by atoms with E-state index in [0.29, 0.717) is 5.76 Å². The summed E-state index contributed by atoms with van der Waals surface area (Å²) < 4.78 is 4.85. The predicted molar refractivity (Wildman–Crippen MR) is 83.7 cm³/mol. The molecule has 1 unspecified atom stereocenters. The molecular weight excluding hydrogens is 280 g/mol. The Kier molecular flexibility index (Phi) is 4.66. The van der Waals surface area contributed by atoms with Gasteiger partial charge in [0.25, 0.3) is 5.91 Å². The number of carbonyl (C=O) groups excluding carboxylic acids is 1. The average molecular weight is 302 g/mol. The first-order chi connectivity index (χ1) is 10.3. The Morgan fingerprint density at radius 2 is 1.95 bits per heavy atom. The monoisotopic (exact) mass is 302 g/mol. The Labute approximate surface area is 130 Å². The van der Waals surface area contributed by atoms with Crippen LogP contribution < -0.4 is 5.32 Å². The van der Waals surface area contributed by atoms with Crippen molar-refractivity contribution in [1.82, 2.24) is 10.5 Å². The number of aliphatic hydroxyl groups excluding tert-OH is 1. The third kappa shape index (κ3) is 3.95. The first kappa shape index (κ1) is 16.2. The third-order valence-electron chi connectivity index (χ3n) is 3.48. The van der Waals surface area contributed by atoms with Crippen LogP contribution in [0.15, 0.2) is 34.9 Å². The van der Waals surface area contributed by atoms with Gasteiger partial charge in [-0.15, -0.1) is 0 Å². The van der Waals surface area contributed by atoms with Crippen LogP contribution in [-0.2, 0) is 5.41 Å². The van der Waals surface area contributed by atoms with E-state index in [1.165, 1.54) is 5.56 Å². The molecule has 0 aliphatic heterocycles. The van der Waals surface area contributed by atoms with Crippen molar-refractivity contribution in [2.45, 2.75) is 39.2 Å². The highest BCUT2D eigenvalue weighted by Gasteiger charge is 2.16. The lowest BCUT2D eigenvalue weighted by molar-refractivity contribution is 0.0907. The van der Waals surface area contributed by atoms with E-state index in [4.69, 9.17) is 4.52 Å². The lowest BCUT2D eigenvalue weighted by Crippen LogP contribution is -2.28. The van der Waals surface area contributed by atoms with Gasteiger partial charge in [0.2, 0.25) is 0 Å². The van der Waals surface area contributed by atoms with E-state index in [-0.39, 0.29) is 23.6 Å². The Morgan fingerprint density at radius 1 is 1.32 bits per heavy atom. The minimum atomic E-state index is -0.758. The number of nitrogens with zero attached hydrogens (tertiary/aromatic N) is 1. The SMILES string of the molecule is Cc1cc(C(=O)NCC(O)c2ccc(C(C)(C)C)cc2)no1. The van der Waals surface area contributed by atoms with Crippen LogP contribution in [0, 0.1) is 6.92 Å². The predicted octanol–water partition coefficient (Wildman–Crippen LogP) is 2.74. The van der Waals surface area contributed by atoms with Crippen molar-refractivity contribution in [2.24, 2.45) is 0 Å². The van der Waals surface area contributed by atoms with Gasteiger partial charge in [-0.3, -0.25) is 4.79 Å². The molecule has 0 bridgehead atoms. The summed E-state index contributed by atoms with van der Waals surface area (Å²) in [5, 5.41) is 16.4. The summed E-state index contributed by atoms with van der Waals surface area (Å²) in [5.41, 5.74) is 2.26. The van der Waals surface area contributed by atoms with Crippen LogP contribution in [0.4, 0.5) is 0 Å². The molecule has 0 fully saturated rings. The van der Waals surface area contributed by atoms with Gasteiger partial charge < -0.3 is 14.9 Å². The molecule has 0 saturated heterocycles. The van der Waals surface area contributed by atoms with Crippen molar-refractivity contribution < 1.29 is 14.4 Å². The van der Waals surface area contributed by atoms with Crippen molar-refractivity contribution in [1.29, 1.82) is 0 Å². The van der Waals surface area contributed by atoms with E-state index in [2.05, 4.69) is 31.2 Å². The Bertz CT molecular complexity index is 639. The van der Waals surface area contributed by atoms with Crippen LogP contribution in [0.1, 0.15) is 54.3 Å². The second kappa shape index (κ2) is 6.32. The maximum Gasteiger partial charge on any atom is 0.273 e. The number of hydrogen-bond donors (Lipinski definition) is 2. The number of carbonyl (C=O) groups is 1. The summed E-state index contributed by atoms with van der Waals surface area (Å²) in [6.07, 6.45) is -0.758. The molecule has 22 heavy (non-hydrogen) atoms. The quantitative estimate of drug-likeness (QED) is 0.910. The number of aryl methyl sites for hydroxylation is 1. The fraction of sp³-hybridized carbons (Fsp3) is 0.412. The zero-order chi connectivity index (χ0) is 16.3. The zero-order valence-corrected chi connectivity index (χ0v) is 13.4. The summed E-state index contributed by atoms with van der Waals surface area (Å²) in [4.78, 5) is 11.8. The molecule has 1 atom stereocenters. The van der Waals surface area contributed by atoms with Gasteiger partial charge in [-0.2, -0.15) is 0 Å². The van der Waals surface area contributed by atoms with Crippen molar-refractivity contribution in [3.63, 3.8) is 0 Å². The molecule has 118 valence electrons. The number of benzene rings is 1. The lowest BCUT2D eigenvalue weighted by atomic mass is 9.86. The molecular formula is C17H22N2O3. The zero-order valence-electron chi connectivity index (χ0n) is 13.4. The smallest absolute Gasteiger partial charge is 0.273 e. The molecule has 0 saturated carbocycles. The number of nitrogens with one attached hydrogen (secondary N) is 1. The number of aliphatic hydroxyl groups is 1. The van der Waals surface area contributed by atoms with E-state index < -0.39 is 6.10 Å². The topological polar surface area (TPSA) is 75.4 Å². The minimum absolute atomic E-state index is 0.0719. The van der Waals surface area contributed by atoms with Crippen LogP contribution in [-0.4, -0.2) is 22.7 Å². The Hall–Kier alpha value is -2.14. The molecule has 5 nitrogen and oxygen atoms in total. The van der Waals surface area contributed by atoms with Gasteiger partial charge in [0.1, 0.15) is 5.76 Å². The van der Waals surface area contributed by atoms with Gasteiger partial charge in [-0.1, -0.05) is 50.2 Å². The molecule has 2 rings (SSSR count). The molecule has 1 aromatic carbocycles. The molecule has 5 heteroatoms. The molecule has 0 spiro atoms. The number of aromatic nitrogens is 1. The summed E-state index contributed by atoms with van der Waals surface area (Å²) >= 11 is 0. The van der Waals surface area contributed by atoms with Gasteiger partial charge in [-0.25, -0.2) is 0 Å². The molecule has 0 aliphatic carbocycles. The van der Waals surface area contributed by atoms with Gasteiger partial charge >= 0.3 is 0 Å². The lowest BCUT2D eigenvalue weighted by Gasteiger charge is -2.20. The maximum atomic E-state index is 11.8. The normalized spacial score (nSPS) is 13.0. The third-order valence-corrected chi connectivity index (χ3v) is 3.48. The van der Waals surface area contributed by atoms with E-state index in [1.807, 2.05) is 24.3 Å². The molecule has 2 aromatic rings. The second-order valence-electron chi connectivity index (χ2n) is 6.42. The van der Waals surface area contributed by atoms with E-state index in [9.17, 15) is 9.90 Å². The van der Waals surface area contributed by atoms with Crippen LogP contribution >= 0.6 is 0 Å². The largest absolute Gasteiger partial charge is 0.387 e. The van der Waals surface area contributed by atoms with Crippen molar-refractivity contribution in [3.05, 3.63) is 52.9 Å². The summed E-state index contributed by atoms with van der Waals surface area (Å²) in [6.45, 7) is 8.25. The second-order valence-corrected chi connectivity index (χ2v) is 6.42.